The van der Waals surface area contributed by atoms with E-state index in [4.69, 9.17) is 9.15 Å². The molecule has 1 aromatic heterocycles. The lowest BCUT2D eigenvalue weighted by atomic mass is 10.1. The summed E-state index contributed by atoms with van der Waals surface area (Å²) >= 11 is 0. The molecule has 3 nitrogen and oxygen atoms in total. The number of hydrogen-bond donors (Lipinski definition) is 0. The van der Waals surface area contributed by atoms with E-state index in [1.807, 2.05) is 0 Å². The lowest BCUT2D eigenvalue weighted by Crippen LogP contribution is -2.06. The largest absolute Gasteiger partial charge is 0.490 e. The molecular weight excluding hydrogens is 283 g/mol. The van der Waals surface area contributed by atoms with Crippen molar-refractivity contribution < 1.29 is 13.5 Å². The van der Waals surface area contributed by atoms with Crippen molar-refractivity contribution in [2.45, 2.75) is 39.0 Å². The van der Waals surface area contributed by atoms with Gasteiger partial charge in [-0.3, -0.25) is 0 Å². The van der Waals surface area contributed by atoms with Crippen molar-refractivity contribution in [2.75, 3.05) is 6.61 Å². The van der Waals surface area contributed by atoms with Crippen LogP contribution in [0, 0.1) is 5.82 Å². The van der Waals surface area contributed by atoms with E-state index in [0.717, 1.165) is 25.7 Å². The number of benzene rings is 1. The number of ether oxygens (including phenoxy) is 1. The molecule has 118 valence electrons. The molecule has 0 amide bonds. The number of fused-ring (bicyclic) bond motifs is 1. The van der Waals surface area contributed by atoms with Gasteiger partial charge in [0.25, 0.3) is 0 Å². The Morgan fingerprint density at radius 2 is 2.14 bits per heavy atom. The molecule has 2 rings (SSSR count). The van der Waals surface area contributed by atoms with E-state index >= 15 is 0 Å². The molecule has 2 aromatic rings. The Labute approximate surface area is 129 Å². The normalized spacial score (nSPS) is 10.8. The fourth-order valence-corrected chi connectivity index (χ4v) is 2.34. The minimum absolute atomic E-state index is 0.0566. The average Bonchev–Trinajstić information content (AvgIpc) is 2.49. The van der Waals surface area contributed by atoms with Gasteiger partial charge in [0.2, 0.25) is 0 Å². The highest BCUT2D eigenvalue weighted by atomic mass is 19.1. The van der Waals surface area contributed by atoms with Crippen LogP contribution in [-0.4, -0.2) is 6.61 Å². The molecule has 0 N–H and O–H groups in total. The summed E-state index contributed by atoms with van der Waals surface area (Å²) in [6, 6.07) is 4.91. The van der Waals surface area contributed by atoms with Crippen LogP contribution in [0.2, 0.25) is 0 Å². The Morgan fingerprint density at radius 1 is 1.32 bits per heavy atom. The highest BCUT2D eigenvalue weighted by molar-refractivity contribution is 5.83. The summed E-state index contributed by atoms with van der Waals surface area (Å²) < 4.78 is 25.0. The van der Waals surface area contributed by atoms with Crippen LogP contribution in [0.5, 0.6) is 5.75 Å². The smallest absolute Gasteiger partial charge is 0.346 e. The standard InChI is InChI=1S/C18H21FO3/c1-3-5-6-7-11-21-15-10-9-13-12-14(8-4-2)22-18(20)16(13)17(15)19/h4,9-10,12H,2-3,5-8,11H2,1H3. The minimum Gasteiger partial charge on any atom is -0.490 e. The zero-order chi connectivity index (χ0) is 15.9. The highest BCUT2D eigenvalue weighted by Crippen LogP contribution is 2.25. The lowest BCUT2D eigenvalue weighted by Gasteiger charge is -2.09. The third-order valence-corrected chi connectivity index (χ3v) is 3.48. The van der Waals surface area contributed by atoms with Gasteiger partial charge < -0.3 is 9.15 Å². The molecule has 0 unspecified atom stereocenters. The molecule has 1 aromatic carbocycles. The first kappa shape index (κ1) is 16.3. The van der Waals surface area contributed by atoms with Crippen molar-refractivity contribution in [2.24, 2.45) is 0 Å². The van der Waals surface area contributed by atoms with Crippen molar-refractivity contribution in [3.05, 3.63) is 52.9 Å². The van der Waals surface area contributed by atoms with Gasteiger partial charge in [0.05, 0.1) is 6.61 Å². The monoisotopic (exact) mass is 304 g/mol. The van der Waals surface area contributed by atoms with Gasteiger partial charge in [-0.15, -0.1) is 6.58 Å². The van der Waals surface area contributed by atoms with Gasteiger partial charge in [-0.05, 0) is 23.9 Å². The van der Waals surface area contributed by atoms with E-state index in [0.29, 0.717) is 24.2 Å². The van der Waals surface area contributed by atoms with Crippen LogP contribution in [-0.2, 0) is 6.42 Å². The number of hydrogen-bond acceptors (Lipinski definition) is 3. The lowest BCUT2D eigenvalue weighted by molar-refractivity contribution is 0.291. The molecule has 0 radical (unpaired) electrons. The maximum absolute atomic E-state index is 14.4. The molecule has 0 fully saturated rings. The molecule has 0 atom stereocenters. The van der Waals surface area contributed by atoms with Gasteiger partial charge in [0.15, 0.2) is 11.6 Å². The van der Waals surface area contributed by atoms with Crippen LogP contribution >= 0.6 is 0 Å². The summed E-state index contributed by atoms with van der Waals surface area (Å²) in [4.78, 5) is 12.0. The Balaban J connectivity index is 2.22. The van der Waals surface area contributed by atoms with Gasteiger partial charge in [0.1, 0.15) is 11.1 Å². The van der Waals surface area contributed by atoms with E-state index in [2.05, 4.69) is 13.5 Å². The summed E-state index contributed by atoms with van der Waals surface area (Å²) in [5, 5.41) is 0.461. The van der Waals surface area contributed by atoms with E-state index in [9.17, 15) is 9.18 Å². The summed E-state index contributed by atoms with van der Waals surface area (Å²) in [5.74, 6) is -0.0696. The molecule has 0 aliphatic rings. The van der Waals surface area contributed by atoms with Crippen molar-refractivity contribution in [1.29, 1.82) is 0 Å². The molecule has 0 saturated heterocycles. The maximum Gasteiger partial charge on any atom is 0.346 e. The zero-order valence-electron chi connectivity index (χ0n) is 12.9. The predicted molar refractivity (Wildman–Crippen MR) is 86.0 cm³/mol. The SMILES string of the molecule is C=CCc1cc2ccc(OCCCCCC)c(F)c2c(=O)o1. The molecule has 0 spiro atoms. The summed E-state index contributed by atoms with van der Waals surface area (Å²) in [6.45, 7) is 6.17. The number of unbranched alkanes of at least 4 members (excludes halogenated alkanes) is 3. The fourth-order valence-electron chi connectivity index (χ4n) is 2.34. The number of halogens is 1. The average molecular weight is 304 g/mol. The van der Waals surface area contributed by atoms with Crippen molar-refractivity contribution in [1.82, 2.24) is 0 Å². The van der Waals surface area contributed by atoms with E-state index in [-0.39, 0.29) is 11.1 Å². The number of rotatable bonds is 8. The predicted octanol–water partition coefficient (Wildman–Crippen LogP) is 4.62. The van der Waals surface area contributed by atoms with Crippen molar-refractivity contribution in [3.8, 4) is 5.75 Å². The Morgan fingerprint density at radius 3 is 2.86 bits per heavy atom. The second kappa shape index (κ2) is 7.78. The minimum atomic E-state index is -0.678. The third-order valence-electron chi connectivity index (χ3n) is 3.48. The molecule has 1 heterocycles. The fraction of sp³-hybridized carbons (Fsp3) is 0.389. The van der Waals surface area contributed by atoms with Crippen LogP contribution in [0.15, 0.2) is 40.1 Å². The van der Waals surface area contributed by atoms with Crippen LogP contribution in [0.25, 0.3) is 10.8 Å². The molecule has 0 bridgehead atoms. The van der Waals surface area contributed by atoms with Crippen LogP contribution in [0.4, 0.5) is 4.39 Å². The third kappa shape index (κ3) is 3.75. The Hall–Kier alpha value is -2.10. The van der Waals surface area contributed by atoms with Crippen molar-refractivity contribution >= 4 is 10.8 Å². The van der Waals surface area contributed by atoms with Crippen LogP contribution in [0.3, 0.4) is 0 Å². The summed E-state index contributed by atoms with van der Waals surface area (Å²) in [5.41, 5.74) is -0.678. The molecule has 0 saturated carbocycles. The highest BCUT2D eigenvalue weighted by Gasteiger charge is 2.14. The Bertz CT molecular complexity index is 703. The topological polar surface area (TPSA) is 39.4 Å². The number of allylic oxidation sites excluding steroid dienone is 1. The molecular formula is C18H21FO3. The summed E-state index contributed by atoms with van der Waals surface area (Å²) in [7, 11) is 0. The first-order valence-electron chi connectivity index (χ1n) is 7.66. The van der Waals surface area contributed by atoms with Crippen molar-refractivity contribution in [3.63, 3.8) is 0 Å². The molecule has 0 aliphatic carbocycles. The van der Waals surface area contributed by atoms with Gasteiger partial charge in [-0.2, -0.15) is 0 Å². The van der Waals surface area contributed by atoms with Crippen LogP contribution < -0.4 is 10.4 Å². The van der Waals surface area contributed by atoms with Gasteiger partial charge >= 0.3 is 5.63 Å². The summed E-state index contributed by atoms with van der Waals surface area (Å²) in [6.07, 6.45) is 6.27. The first-order valence-corrected chi connectivity index (χ1v) is 7.66. The second-order valence-corrected chi connectivity index (χ2v) is 5.24. The van der Waals surface area contributed by atoms with E-state index in [1.54, 1.807) is 24.3 Å². The zero-order valence-corrected chi connectivity index (χ0v) is 12.9. The molecule has 22 heavy (non-hydrogen) atoms. The Kier molecular flexibility index (Phi) is 5.75. The van der Waals surface area contributed by atoms with Crippen LogP contribution in [0.1, 0.15) is 38.4 Å². The van der Waals surface area contributed by atoms with E-state index in [1.165, 1.54) is 0 Å². The second-order valence-electron chi connectivity index (χ2n) is 5.24. The van der Waals surface area contributed by atoms with Gasteiger partial charge in [-0.25, -0.2) is 9.18 Å². The molecule has 0 aliphatic heterocycles. The quantitative estimate of drug-likeness (QED) is 0.527. The first-order chi connectivity index (χ1) is 10.7. The maximum atomic E-state index is 14.4. The van der Waals surface area contributed by atoms with Gasteiger partial charge in [0, 0.05) is 6.42 Å². The van der Waals surface area contributed by atoms with Gasteiger partial charge in [-0.1, -0.05) is 38.3 Å². The van der Waals surface area contributed by atoms with E-state index < -0.39 is 11.4 Å². The molecule has 4 heteroatoms.